The minimum atomic E-state index is -0.778. The number of carbonyl (C=O) groups is 4. The summed E-state index contributed by atoms with van der Waals surface area (Å²) in [5.41, 5.74) is 2.45. The summed E-state index contributed by atoms with van der Waals surface area (Å²) in [6.07, 6.45) is 8.69. The third kappa shape index (κ3) is 8.61. The van der Waals surface area contributed by atoms with Gasteiger partial charge in [-0.2, -0.15) is 4.74 Å². The van der Waals surface area contributed by atoms with E-state index in [1.807, 2.05) is 29.2 Å². The predicted molar refractivity (Wildman–Crippen MR) is 203 cm³/mol. The van der Waals surface area contributed by atoms with Crippen LogP contribution in [-0.4, -0.2) is 76.6 Å². The number of ether oxygens (including phenoxy) is 2. The Morgan fingerprint density at radius 1 is 0.736 bits per heavy atom. The molecule has 0 radical (unpaired) electrons. The van der Waals surface area contributed by atoms with Crippen LogP contribution in [0.15, 0.2) is 48.5 Å². The van der Waals surface area contributed by atoms with Crippen LogP contribution in [0.4, 0.5) is 0 Å². The van der Waals surface area contributed by atoms with E-state index in [4.69, 9.17) is 9.47 Å². The molecule has 0 bridgehead atoms. The highest BCUT2D eigenvalue weighted by atomic mass is 16.5. The van der Waals surface area contributed by atoms with Gasteiger partial charge in [-0.15, -0.1) is 0 Å². The Hall–Kier alpha value is -4.25. The molecule has 3 fully saturated rings. The maximum atomic E-state index is 12.6. The lowest BCUT2D eigenvalue weighted by atomic mass is 9.69. The molecular formula is C42H58N4O7. The number of esters is 2. The Balaban J connectivity index is 0.000000204. The maximum Gasteiger partial charge on any atom is 0.337 e. The second-order valence-corrected chi connectivity index (χ2v) is 17.4. The summed E-state index contributed by atoms with van der Waals surface area (Å²) >= 11 is 0. The van der Waals surface area contributed by atoms with E-state index >= 15 is 0 Å². The summed E-state index contributed by atoms with van der Waals surface area (Å²) in [5.74, 6) is 0.440. The number of rotatable bonds is 6. The molecule has 2 aromatic carbocycles. The summed E-state index contributed by atoms with van der Waals surface area (Å²) in [4.78, 5) is 51.9. The Labute approximate surface area is 314 Å². The van der Waals surface area contributed by atoms with E-state index in [-0.39, 0.29) is 28.9 Å². The summed E-state index contributed by atoms with van der Waals surface area (Å²) in [6.45, 7) is 15.0. The normalized spacial score (nSPS) is 26.0. The molecule has 2 aliphatic heterocycles. The number of hydrogen-bond donors (Lipinski definition) is 1. The molecule has 2 aliphatic carbocycles. The van der Waals surface area contributed by atoms with E-state index in [1.54, 1.807) is 29.2 Å². The molecule has 288 valence electrons. The monoisotopic (exact) mass is 730 g/mol. The van der Waals surface area contributed by atoms with Crippen LogP contribution in [0.3, 0.4) is 0 Å². The van der Waals surface area contributed by atoms with Crippen LogP contribution in [0.5, 0.6) is 0 Å². The summed E-state index contributed by atoms with van der Waals surface area (Å²) in [7, 11) is 2.72. The van der Waals surface area contributed by atoms with Crippen LogP contribution >= 0.6 is 0 Å². The van der Waals surface area contributed by atoms with Gasteiger partial charge in [0.1, 0.15) is 0 Å². The fourth-order valence-electron chi connectivity index (χ4n) is 8.69. The molecule has 2 heterocycles. The SMILES string of the molecule is COC(=O)c1ccc(CN2C(=O)C=[N+]([O-])C23CCC(C(C)(C)C)CC3)cc1.COC(=O)c1ccc(CN2C(=O)CNC23CCC(C(C)(C)C)CC3)cc1. The zero-order valence-corrected chi connectivity index (χ0v) is 32.8. The molecule has 2 aromatic rings. The first-order valence-electron chi connectivity index (χ1n) is 19.0. The quantitative estimate of drug-likeness (QED) is 0.198. The largest absolute Gasteiger partial charge is 0.622 e. The predicted octanol–water partition coefficient (Wildman–Crippen LogP) is 6.67. The molecule has 4 aliphatic rings. The highest BCUT2D eigenvalue weighted by Crippen LogP contribution is 2.46. The standard InChI is InChI=1S/C21H28N2O4.C21H30N2O3/c1-20(2,3)17-9-11-21(12-10-17)22(18(24)14-23(21)26)13-15-5-7-16(8-6-15)19(25)27-4;1-20(2,3)17-9-11-21(12-10-17)22-13-18(24)23(21)14-15-5-7-16(8-6-15)19(25)26-4/h5-8,14,17H,9-13H2,1-4H3;5-8,17,22H,9-14H2,1-4H3. The van der Waals surface area contributed by atoms with Crippen molar-refractivity contribution < 1.29 is 33.4 Å². The lowest BCUT2D eigenvalue weighted by Crippen LogP contribution is -2.54. The molecule has 2 amide bonds. The van der Waals surface area contributed by atoms with Crippen molar-refractivity contribution in [1.82, 2.24) is 15.1 Å². The number of nitrogens with zero attached hydrogens (tertiary/aromatic N) is 3. The van der Waals surface area contributed by atoms with Crippen LogP contribution in [0.1, 0.15) is 125 Å². The molecular weight excluding hydrogens is 672 g/mol. The van der Waals surface area contributed by atoms with Crippen molar-refractivity contribution in [2.45, 2.75) is 117 Å². The van der Waals surface area contributed by atoms with Gasteiger partial charge in [-0.1, -0.05) is 65.8 Å². The highest BCUT2D eigenvalue weighted by Gasteiger charge is 2.55. The molecule has 1 saturated heterocycles. The van der Waals surface area contributed by atoms with E-state index in [2.05, 4.69) is 46.9 Å². The Kier molecular flexibility index (Phi) is 11.8. The fourth-order valence-corrected chi connectivity index (χ4v) is 8.69. The van der Waals surface area contributed by atoms with Gasteiger partial charge in [0.05, 0.1) is 44.1 Å². The lowest BCUT2D eigenvalue weighted by molar-refractivity contribution is -0.571. The third-order valence-electron chi connectivity index (χ3n) is 12.3. The Morgan fingerprint density at radius 2 is 1.15 bits per heavy atom. The Bertz CT molecular complexity index is 1670. The van der Waals surface area contributed by atoms with Crippen molar-refractivity contribution in [3.63, 3.8) is 0 Å². The van der Waals surface area contributed by atoms with E-state index in [0.29, 0.717) is 60.9 Å². The van der Waals surface area contributed by atoms with Crippen LogP contribution in [-0.2, 0) is 32.2 Å². The van der Waals surface area contributed by atoms with Crippen molar-refractivity contribution in [2.24, 2.45) is 22.7 Å². The molecule has 0 unspecified atom stereocenters. The Morgan fingerprint density at radius 3 is 1.57 bits per heavy atom. The van der Waals surface area contributed by atoms with Crippen molar-refractivity contribution in [3.8, 4) is 0 Å². The maximum absolute atomic E-state index is 12.6. The van der Waals surface area contributed by atoms with Gasteiger partial charge in [-0.25, -0.2) is 9.59 Å². The average molecular weight is 731 g/mol. The topological polar surface area (TPSA) is 131 Å². The van der Waals surface area contributed by atoms with Gasteiger partial charge >= 0.3 is 17.8 Å². The zero-order chi connectivity index (χ0) is 38.8. The van der Waals surface area contributed by atoms with Gasteiger partial charge in [-0.05, 0) is 96.6 Å². The second-order valence-electron chi connectivity index (χ2n) is 17.4. The summed E-state index contributed by atoms with van der Waals surface area (Å²) < 4.78 is 10.3. The molecule has 11 nitrogen and oxygen atoms in total. The first-order chi connectivity index (χ1) is 24.9. The van der Waals surface area contributed by atoms with Crippen molar-refractivity contribution in [2.75, 3.05) is 20.8 Å². The summed E-state index contributed by atoms with van der Waals surface area (Å²) in [5, 5.41) is 16.1. The third-order valence-corrected chi connectivity index (χ3v) is 12.3. The zero-order valence-electron chi connectivity index (χ0n) is 32.8. The van der Waals surface area contributed by atoms with Gasteiger partial charge in [0.15, 0.2) is 0 Å². The number of benzene rings is 2. The van der Waals surface area contributed by atoms with Crippen LogP contribution in [0.2, 0.25) is 0 Å². The van der Waals surface area contributed by atoms with Gasteiger partial charge in [0, 0.05) is 19.4 Å². The van der Waals surface area contributed by atoms with Crippen molar-refractivity contribution in [3.05, 3.63) is 76.0 Å². The summed E-state index contributed by atoms with van der Waals surface area (Å²) in [6, 6.07) is 14.3. The average Bonchev–Trinajstić information content (AvgIpc) is 3.54. The van der Waals surface area contributed by atoms with Crippen LogP contribution in [0, 0.1) is 27.9 Å². The minimum absolute atomic E-state index is 0.163. The van der Waals surface area contributed by atoms with E-state index < -0.39 is 11.6 Å². The number of methoxy groups -OCH3 is 2. The molecule has 1 N–H and O–H groups in total. The fraction of sp³-hybridized carbons (Fsp3) is 0.595. The molecule has 11 heteroatoms. The highest BCUT2D eigenvalue weighted by molar-refractivity contribution is 6.25. The molecule has 2 saturated carbocycles. The van der Waals surface area contributed by atoms with Gasteiger partial charge in [0.2, 0.25) is 12.1 Å². The molecule has 2 spiro atoms. The number of nitrogens with one attached hydrogen (secondary N) is 1. The molecule has 0 aromatic heterocycles. The molecule has 6 rings (SSSR count). The molecule has 53 heavy (non-hydrogen) atoms. The van der Waals surface area contributed by atoms with Crippen molar-refractivity contribution in [1.29, 1.82) is 0 Å². The first kappa shape index (κ1) is 39.9. The minimum Gasteiger partial charge on any atom is -0.622 e. The lowest BCUT2D eigenvalue weighted by Gasteiger charge is -2.46. The van der Waals surface area contributed by atoms with E-state index in [1.165, 1.54) is 20.4 Å². The van der Waals surface area contributed by atoms with Gasteiger partial charge < -0.3 is 19.6 Å². The number of hydroxylamine groups is 1. The van der Waals surface area contributed by atoms with E-state index in [9.17, 15) is 24.4 Å². The van der Waals surface area contributed by atoms with Gasteiger partial charge in [-0.3, -0.25) is 19.8 Å². The van der Waals surface area contributed by atoms with Crippen LogP contribution < -0.4 is 5.32 Å². The number of hydrogen-bond acceptors (Lipinski definition) is 8. The van der Waals surface area contributed by atoms with Crippen LogP contribution in [0.25, 0.3) is 0 Å². The van der Waals surface area contributed by atoms with E-state index in [0.717, 1.165) is 54.4 Å². The smallest absolute Gasteiger partial charge is 0.337 e. The van der Waals surface area contributed by atoms with Crippen molar-refractivity contribution >= 4 is 30.0 Å². The number of amides is 2. The second kappa shape index (κ2) is 15.6. The first-order valence-corrected chi connectivity index (χ1v) is 19.0. The van der Waals surface area contributed by atoms with Gasteiger partial charge in [0.25, 0.3) is 5.66 Å². The molecule has 0 atom stereocenters. The number of carbonyl (C=O) groups excluding carboxylic acids is 4.